The van der Waals surface area contributed by atoms with E-state index in [2.05, 4.69) is 18.7 Å². The summed E-state index contributed by atoms with van der Waals surface area (Å²) in [6.45, 7) is 8.97. The lowest BCUT2D eigenvalue weighted by molar-refractivity contribution is -0.136. The third kappa shape index (κ3) is 4.27. The van der Waals surface area contributed by atoms with Crippen molar-refractivity contribution in [3.63, 3.8) is 0 Å². The summed E-state index contributed by atoms with van der Waals surface area (Å²) in [6.07, 6.45) is 7.13. The first kappa shape index (κ1) is 18.5. The minimum Gasteiger partial charge on any atom is -0.441 e. The zero-order valence-electron chi connectivity index (χ0n) is 15.8. The van der Waals surface area contributed by atoms with Crippen molar-refractivity contribution < 1.29 is 14.3 Å². The molecule has 0 radical (unpaired) electrons. The monoisotopic (exact) mass is 351 g/mol. The molecule has 0 saturated carbocycles. The Balaban J connectivity index is 1.49. The average molecular weight is 351 g/mol. The predicted molar refractivity (Wildman–Crippen MR) is 96.4 cm³/mol. The van der Waals surface area contributed by atoms with E-state index in [0.717, 1.165) is 38.8 Å². The molecule has 3 heterocycles. The van der Waals surface area contributed by atoms with Crippen LogP contribution < -0.4 is 0 Å². The highest BCUT2D eigenvalue weighted by Crippen LogP contribution is 2.34. The number of hydrogen-bond acceptors (Lipinski definition) is 4. The Kier molecular flexibility index (Phi) is 5.87. The molecule has 0 N–H and O–H groups in total. The summed E-state index contributed by atoms with van der Waals surface area (Å²) in [5, 5.41) is 0. The lowest BCUT2D eigenvalue weighted by atomic mass is 9.91. The zero-order valence-corrected chi connectivity index (χ0v) is 15.8. The molecular weight excluding hydrogens is 318 g/mol. The number of rotatable bonds is 5. The van der Waals surface area contributed by atoms with Gasteiger partial charge in [0.2, 0.25) is 5.91 Å². The fourth-order valence-electron chi connectivity index (χ4n) is 4.39. The van der Waals surface area contributed by atoms with Gasteiger partial charge >= 0.3 is 6.09 Å². The van der Waals surface area contributed by atoms with E-state index in [1.165, 1.54) is 19.3 Å². The van der Waals surface area contributed by atoms with Crippen molar-refractivity contribution >= 4 is 12.0 Å². The summed E-state index contributed by atoms with van der Waals surface area (Å²) in [7, 11) is 0. The van der Waals surface area contributed by atoms with Gasteiger partial charge in [0.1, 0.15) is 5.60 Å². The minimum atomic E-state index is -0.374. The van der Waals surface area contributed by atoms with Crippen LogP contribution in [0, 0.1) is 0 Å². The lowest BCUT2D eigenvalue weighted by Gasteiger charge is -2.38. The number of nitrogens with zero attached hydrogens (tertiary/aromatic N) is 3. The molecule has 0 aliphatic carbocycles. The normalized spacial score (nSPS) is 25.3. The second-order valence-corrected chi connectivity index (χ2v) is 8.03. The number of likely N-dealkylation sites (tertiary alicyclic amines) is 2. The molecule has 25 heavy (non-hydrogen) atoms. The maximum absolute atomic E-state index is 12.6. The molecule has 0 aromatic rings. The van der Waals surface area contributed by atoms with Crippen LogP contribution in [0.2, 0.25) is 0 Å². The molecule has 3 aliphatic rings. The van der Waals surface area contributed by atoms with Crippen molar-refractivity contribution in [3.8, 4) is 0 Å². The quantitative estimate of drug-likeness (QED) is 0.764. The van der Waals surface area contributed by atoms with Crippen molar-refractivity contribution in [3.05, 3.63) is 0 Å². The highest BCUT2D eigenvalue weighted by Gasteiger charge is 2.48. The molecule has 6 heteroatoms. The second-order valence-electron chi connectivity index (χ2n) is 8.03. The van der Waals surface area contributed by atoms with Crippen molar-refractivity contribution in [2.24, 2.45) is 0 Å². The summed E-state index contributed by atoms with van der Waals surface area (Å²) in [4.78, 5) is 30.9. The van der Waals surface area contributed by atoms with Crippen LogP contribution in [0.25, 0.3) is 0 Å². The fourth-order valence-corrected chi connectivity index (χ4v) is 4.39. The number of carbonyl (C=O) groups is 2. The molecule has 142 valence electrons. The second kappa shape index (κ2) is 7.94. The summed E-state index contributed by atoms with van der Waals surface area (Å²) >= 11 is 0. The van der Waals surface area contributed by atoms with E-state index in [-0.39, 0.29) is 23.6 Å². The lowest BCUT2D eigenvalue weighted by Crippen LogP contribution is -2.51. The molecular formula is C19H33N3O3. The Morgan fingerprint density at radius 2 is 1.84 bits per heavy atom. The Morgan fingerprint density at radius 1 is 1.16 bits per heavy atom. The van der Waals surface area contributed by atoms with Crippen molar-refractivity contribution in [1.29, 1.82) is 0 Å². The van der Waals surface area contributed by atoms with Gasteiger partial charge in [-0.3, -0.25) is 9.69 Å². The first-order chi connectivity index (χ1) is 12.0. The van der Waals surface area contributed by atoms with Gasteiger partial charge in [0.05, 0.1) is 13.1 Å². The molecule has 6 nitrogen and oxygen atoms in total. The fraction of sp³-hybridized carbons (Fsp3) is 0.895. The topological polar surface area (TPSA) is 53.1 Å². The van der Waals surface area contributed by atoms with E-state index < -0.39 is 0 Å². The van der Waals surface area contributed by atoms with Gasteiger partial charge in [-0.25, -0.2) is 4.79 Å². The highest BCUT2D eigenvalue weighted by molar-refractivity contribution is 5.78. The van der Waals surface area contributed by atoms with E-state index >= 15 is 0 Å². The van der Waals surface area contributed by atoms with Crippen LogP contribution in [0.1, 0.15) is 58.8 Å². The Morgan fingerprint density at radius 3 is 2.48 bits per heavy atom. The highest BCUT2D eigenvalue weighted by atomic mass is 16.6. The van der Waals surface area contributed by atoms with Gasteiger partial charge in [0.25, 0.3) is 0 Å². The van der Waals surface area contributed by atoms with Crippen molar-refractivity contribution in [1.82, 2.24) is 14.7 Å². The summed E-state index contributed by atoms with van der Waals surface area (Å²) < 4.78 is 5.79. The first-order valence-corrected chi connectivity index (χ1v) is 10.0. The number of carbonyl (C=O) groups excluding carboxylic acids is 2. The first-order valence-electron chi connectivity index (χ1n) is 10.0. The van der Waals surface area contributed by atoms with Gasteiger partial charge in [-0.05, 0) is 39.3 Å². The average Bonchev–Trinajstić information content (AvgIpc) is 2.93. The largest absolute Gasteiger partial charge is 0.441 e. The molecule has 0 bridgehead atoms. The van der Waals surface area contributed by atoms with E-state index in [0.29, 0.717) is 26.2 Å². The van der Waals surface area contributed by atoms with Crippen LogP contribution in [-0.2, 0) is 9.53 Å². The van der Waals surface area contributed by atoms with Crippen LogP contribution in [0.15, 0.2) is 0 Å². The van der Waals surface area contributed by atoms with Crippen LogP contribution in [0.4, 0.5) is 4.79 Å². The number of piperidine rings is 2. The van der Waals surface area contributed by atoms with Gasteiger partial charge in [0.15, 0.2) is 0 Å². The van der Waals surface area contributed by atoms with E-state index in [1.54, 1.807) is 0 Å². The molecule has 0 aromatic carbocycles. The number of ether oxygens (including phenoxy) is 1. The van der Waals surface area contributed by atoms with Crippen molar-refractivity contribution in [2.75, 3.05) is 39.3 Å². The SMILES string of the molecule is CCCC(C)N1CC2(CCN(C(=O)CN3CCCCC3)CC2)OC1=O. The number of amides is 2. The minimum absolute atomic E-state index is 0.172. The van der Waals surface area contributed by atoms with Gasteiger partial charge in [0, 0.05) is 32.0 Å². The molecule has 1 spiro atoms. The molecule has 1 unspecified atom stereocenters. The van der Waals surface area contributed by atoms with Crippen LogP contribution in [0.5, 0.6) is 0 Å². The third-order valence-electron chi connectivity index (χ3n) is 6.07. The van der Waals surface area contributed by atoms with Gasteiger partial charge in [-0.15, -0.1) is 0 Å². The molecule has 3 saturated heterocycles. The Labute approximate surface area is 151 Å². The number of hydrogen-bond donors (Lipinski definition) is 0. The van der Waals surface area contributed by atoms with Crippen LogP contribution in [0.3, 0.4) is 0 Å². The molecule has 2 amide bonds. The van der Waals surface area contributed by atoms with E-state index in [4.69, 9.17) is 4.74 Å². The summed E-state index contributed by atoms with van der Waals surface area (Å²) in [6, 6.07) is 0.232. The maximum Gasteiger partial charge on any atom is 0.410 e. The molecule has 0 aromatic heterocycles. The predicted octanol–water partition coefficient (Wildman–Crippen LogP) is 2.47. The smallest absolute Gasteiger partial charge is 0.410 e. The standard InChI is InChI=1S/C19H33N3O3/c1-3-7-16(2)22-15-19(25-18(22)24)8-12-21(13-9-19)17(23)14-20-10-5-4-6-11-20/h16H,3-15H2,1-2H3. The van der Waals surface area contributed by atoms with Gasteiger partial charge in [-0.2, -0.15) is 0 Å². The van der Waals surface area contributed by atoms with Gasteiger partial charge < -0.3 is 14.5 Å². The Bertz CT molecular complexity index is 482. The zero-order chi connectivity index (χ0) is 17.9. The molecule has 1 atom stereocenters. The van der Waals surface area contributed by atoms with E-state index in [1.807, 2.05) is 9.80 Å². The summed E-state index contributed by atoms with van der Waals surface area (Å²) in [5.74, 6) is 0.234. The van der Waals surface area contributed by atoms with Crippen molar-refractivity contribution in [2.45, 2.75) is 70.4 Å². The van der Waals surface area contributed by atoms with Gasteiger partial charge in [-0.1, -0.05) is 19.8 Å². The molecule has 3 aliphatic heterocycles. The van der Waals surface area contributed by atoms with Crippen LogP contribution in [-0.4, -0.2) is 77.6 Å². The molecule has 3 fully saturated rings. The summed E-state index contributed by atoms with van der Waals surface area (Å²) in [5.41, 5.74) is -0.374. The third-order valence-corrected chi connectivity index (χ3v) is 6.07. The van der Waals surface area contributed by atoms with Crippen LogP contribution >= 0.6 is 0 Å². The van der Waals surface area contributed by atoms with E-state index in [9.17, 15) is 9.59 Å². The molecule has 3 rings (SSSR count). The Hall–Kier alpha value is -1.30. The maximum atomic E-state index is 12.6.